The molecule has 2 heterocycles. The average Bonchev–Trinajstić information content (AvgIpc) is 2.70. The van der Waals surface area contributed by atoms with Crippen LogP contribution in [0.3, 0.4) is 0 Å². The smallest absolute Gasteiger partial charge is 0.490 e. The van der Waals surface area contributed by atoms with Crippen LogP contribution in [0.2, 0.25) is 0 Å². The van der Waals surface area contributed by atoms with Gasteiger partial charge < -0.3 is 24.3 Å². The number of hydrogen-bond acceptors (Lipinski definition) is 5. The van der Waals surface area contributed by atoms with E-state index in [0.717, 1.165) is 0 Å². The Labute approximate surface area is 91.9 Å². The minimum atomic E-state index is -1.57. The Morgan fingerprint density at radius 1 is 1.44 bits per heavy atom. The van der Waals surface area contributed by atoms with Gasteiger partial charge in [-0.1, -0.05) is 0 Å². The van der Waals surface area contributed by atoms with Crippen LogP contribution in [0.1, 0.15) is 5.69 Å². The van der Waals surface area contributed by atoms with Gasteiger partial charge in [0.15, 0.2) is 11.4 Å². The molecule has 0 aromatic carbocycles. The van der Waals surface area contributed by atoms with Crippen molar-refractivity contribution in [2.75, 3.05) is 7.11 Å². The van der Waals surface area contributed by atoms with Gasteiger partial charge in [-0.3, -0.25) is 0 Å². The summed E-state index contributed by atoms with van der Waals surface area (Å²) in [6.45, 7) is -0.179. The van der Waals surface area contributed by atoms with E-state index in [2.05, 4.69) is 4.98 Å². The molecule has 0 saturated heterocycles. The molecular formula is C9H11BN2O4. The van der Waals surface area contributed by atoms with Gasteiger partial charge in [0.05, 0.1) is 19.4 Å². The first-order valence-corrected chi connectivity index (χ1v) is 4.68. The van der Waals surface area contributed by atoms with E-state index in [-0.39, 0.29) is 6.61 Å². The molecule has 0 atom stereocenters. The normalized spacial score (nSPS) is 10.8. The van der Waals surface area contributed by atoms with Gasteiger partial charge >= 0.3 is 7.12 Å². The van der Waals surface area contributed by atoms with Gasteiger partial charge in [0, 0.05) is 17.9 Å². The van der Waals surface area contributed by atoms with Crippen LogP contribution < -0.4 is 10.2 Å². The van der Waals surface area contributed by atoms with Crippen molar-refractivity contribution in [2.24, 2.45) is 0 Å². The maximum atomic E-state index is 9.08. The van der Waals surface area contributed by atoms with Crippen molar-refractivity contribution in [3.8, 4) is 5.75 Å². The molecule has 2 aromatic heterocycles. The molecule has 0 fully saturated rings. The molecule has 0 saturated carbocycles. The zero-order valence-corrected chi connectivity index (χ0v) is 8.66. The van der Waals surface area contributed by atoms with E-state index in [9.17, 15) is 0 Å². The minimum Gasteiger partial charge on any atom is -0.493 e. The predicted molar refractivity (Wildman–Crippen MR) is 57.5 cm³/mol. The Bertz CT molecular complexity index is 511. The Hall–Kier alpha value is -1.57. The van der Waals surface area contributed by atoms with Crippen LogP contribution in [0, 0.1) is 0 Å². The van der Waals surface area contributed by atoms with Crippen molar-refractivity contribution in [3.63, 3.8) is 0 Å². The topological polar surface area (TPSA) is 87.2 Å². The van der Waals surface area contributed by atoms with Gasteiger partial charge in [-0.2, -0.15) is 0 Å². The number of aliphatic hydroxyl groups excluding tert-OH is 1. The van der Waals surface area contributed by atoms with Crippen molar-refractivity contribution in [3.05, 3.63) is 24.2 Å². The first kappa shape index (κ1) is 10.9. The number of methoxy groups -OCH3 is 1. The third-order valence-electron chi connectivity index (χ3n) is 2.27. The summed E-state index contributed by atoms with van der Waals surface area (Å²) in [6.07, 6.45) is 3.12. The first-order chi connectivity index (χ1) is 7.65. The van der Waals surface area contributed by atoms with Crippen molar-refractivity contribution >= 4 is 18.2 Å². The lowest BCUT2D eigenvalue weighted by Crippen LogP contribution is -2.30. The van der Waals surface area contributed by atoms with Crippen LogP contribution in [-0.2, 0) is 6.61 Å². The highest BCUT2D eigenvalue weighted by atomic mass is 16.5. The van der Waals surface area contributed by atoms with Crippen LogP contribution in [0.5, 0.6) is 5.75 Å². The fraction of sp³-hybridized carbons (Fsp3) is 0.222. The Balaban J connectivity index is 2.66. The third kappa shape index (κ3) is 1.76. The standard InChI is InChI=1S/C9H11BN2O4/c1-16-8-2-6(10(14)15)3-12-4-7(5-13)11-9(8)12/h2-4,13-15H,5H2,1H3. The molecule has 0 aliphatic heterocycles. The average molecular weight is 222 g/mol. The fourth-order valence-corrected chi connectivity index (χ4v) is 1.51. The molecule has 0 bridgehead atoms. The lowest BCUT2D eigenvalue weighted by atomic mass is 9.81. The highest BCUT2D eigenvalue weighted by Gasteiger charge is 2.16. The molecule has 2 aromatic rings. The maximum Gasteiger partial charge on any atom is 0.490 e. The monoisotopic (exact) mass is 222 g/mol. The summed E-state index contributed by atoms with van der Waals surface area (Å²) < 4.78 is 6.67. The molecule has 2 rings (SSSR count). The summed E-state index contributed by atoms with van der Waals surface area (Å²) in [5.41, 5.74) is 1.31. The molecular weight excluding hydrogens is 211 g/mol. The van der Waals surface area contributed by atoms with Crippen molar-refractivity contribution in [1.29, 1.82) is 0 Å². The molecule has 6 nitrogen and oxygen atoms in total. The van der Waals surface area contributed by atoms with E-state index < -0.39 is 7.12 Å². The van der Waals surface area contributed by atoms with Crippen LogP contribution in [0.15, 0.2) is 18.5 Å². The maximum absolute atomic E-state index is 9.08. The number of aliphatic hydroxyl groups is 1. The Morgan fingerprint density at radius 2 is 2.19 bits per heavy atom. The molecule has 0 radical (unpaired) electrons. The van der Waals surface area contributed by atoms with E-state index in [4.69, 9.17) is 19.9 Å². The second-order valence-electron chi connectivity index (χ2n) is 3.34. The zero-order valence-electron chi connectivity index (χ0n) is 8.66. The summed E-state index contributed by atoms with van der Waals surface area (Å²) in [4.78, 5) is 4.13. The number of imidazole rings is 1. The van der Waals surface area contributed by atoms with Crippen molar-refractivity contribution in [2.45, 2.75) is 6.61 Å². The summed E-state index contributed by atoms with van der Waals surface area (Å²) in [7, 11) is -0.103. The van der Waals surface area contributed by atoms with E-state index >= 15 is 0 Å². The number of fused-ring (bicyclic) bond motifs is 1. The summed E-state index contributed by atoms with van der Waals surface area (Å²) in [6, 6.07) is 1.49. The quantitative estimate of drug-likeness (QED) is 0.551. The second kappa shape index (κ2) is 4.13. The highest BCUT2D eigenvalue weighted by molar-refractivity contribution is 6.58. The number of pyridine rings is 1. The third-order valence-corrected chi connectivity index (χ3v) is 2.27. The lowest BCUT2D eigenvalue weighted by Gasteiger charge is -2.05. The van der Waals surface area contributed by atoms with Gasteiger partial charge in [0.25, 0.3) is 0 Å². The molecule has 0 aliphatic rings. The van der Waals surface area contributed by atoms with E-state index in [0.29, 0.717) is 22.6 Å². The molecule has 0 unspecified atom stereocenters. The van der Waals surface area contributed by atoms with Gasteiger partial charge in [-0.05, 0) is 6.07 Å². The fourth-order valence-electron chi connectivity index (χ4n) is 1.51. The summed E-state index contributed by atoms with van der Waals surface area (Å²) in [5.74, 6) is 0.422. The predicted octanol–water partition coefficient (Wildman–Crippen LogP) is -1.49. The molecule has 3 N–H and O–H groups in total. The summed E-state index contributed by atoms with van der Waals surface area (Å²) >= 11 is 0. The second-order valence-corrected chi connectivity index (χ2v) is 3.34. The molecule has 84 valence electrons. The largest absolute Gasteiger partial charge is 0.493 e. The number of aromatic nitrogens is 2. The number of hydrogen-bond donors (Lipinski definition) is 3. The molecule has 7 heteroatoms. The number of ether oxygens (including phenoxy) is 1. The SMILES string of the molecule is COc1cc(B(O)O)cn2cc(CO)nc12. The Kier molecular flexibility index (Phi) is 2.82. The minimum absolute atomic E-state index is 0.179. The van der Waals surface area contributed by atoms with Gasteiger partial charge in [-0.15, -0.1) is 0 Å². The van der Waals surface area contributed by atoms with E-state index in [1.54, 1.807) is 10.6 Å². The zero-order chi connectivity index (χ0) is 11.7. The summed E-state index contributed by atoms with van der Waals surface area (Å²) in [5, 5.41) is 27.1. The van der Waals surface area contributed by atoms with Crippen LogP contribution in [-0.4, -0.2) is 38.8 Å². The van der Waals surface area contributed by atoms with Gasteiger partial charge in [-0.25, -0.2) is 4.98 Å². The van der Waals surface area contributed by atoms with Crippen LogP contribution >= 0.6 is 0 Å². The van der Waals surface area contributed by atoms with Crippen molar-refractivity contribution in [1.82, 2.24) is 9.38 Å². The van der Waals surface area contributed by atoms with Crippen LogP contribution in [0.25, 0.3) is 5.65 Å². The molecule has 0 aliphatic carbocycles. The van der Waals surface area contributed by atoms with Crippen molar-refractivity contribution < 1.29 is 19.9 Å². The molecule has 0 spiro atoms. The highest BCUT2D eigenvalue weighted by Crippen LogP contribution is 2.17. The Morgan fingerprint density at radius 3 is 2.75 bits per heavy atom. The van der Waals surface area contributed by atoms with Crippen LogP contribution in [0.4, 0.5) is 0 Å². The van der Waals surface area contributed by atoms with E-state index in [1.165, 1.54) is 19.4 Å². The number of rotatable bonds is 3. The van der Waals surface area contributed by atoms with E-state index in [1.807, 2.05) is 0 Å². The lowest BCUT2D eigenvalue weighted by molar-refractivity contribution is 0.277. The molecule has 16 heavy (non-hydrogen) atoms. The van der Waals surface area contributed by atoms with Gasteiger partial charge in [0.1, 0.15) is 0 Å². The van der Waals surface area contributed by atoms with Gasteiger partial charge in [0.2, 0.25) is 0 Å². The number of nitrogens with zero attached hydrogens (tertiary/aromatic N) is 2. The first-order valence-electron chi connectivity index (χ1n) is 4.68. The molecule has 0 amide bonds.